The van der Waals surface area contributed by atoms with E-state index in [1.807, 2.05) is 0 Å². The van der Waals surface area contributed by atoms with E-state index in [0.29, 0.717) is 29.8 Å². The van der Waals surface area contributed by atoms with Crippen molar-refractivity contribution in [1.82, 2.24) is 9.55 Å². The van der Waals surface area contributed by atoms with E-state index < -0.39 is 0 Å². The minimum absolute atomic E-state index is 0.0146. The topological polar surface area (TPSA) is 70.1 Å². The third kappa shape index (κ3) is 1.86. The molecule has 0 aliphatic carbocycles. The fourth-order valence-electron chi connectivity index (χ4n) is 2.38. The zero-order valence-electron chi connectivity index (χ0n) is 10.0. The summed E-state index contributed by atoms with van der Waals surface area (Å²) >= 11 is 0. The smallest absolute Gasteiger partial charge is 0.261 e. The predicted molar refractivity (Wildman–Crippen MR) is 69.5 cm³/mol. The summed E-state index contributed by atoms with van der Waals surface area (Å²) in [4.78, 5) is 16.7. The standard InChI is InChI=1S/C13H15N3O2/c14-9-1-2-12-11(7-9)13(17)16(8-15-12)10-3-5-18-6-4-10/h1-2,7-8,10H,3-6,14H2. The van der Waals surface area contributed by atoms with Crippen molar-refractivity contribution in [2.75, 3.05) is 18.9 Å². The van der Waals surface area contributed by atoms with Crippen molar-refractivity contribution in [3.63, 3.8) is 0 Å². The minimum atomic E-state index is -0.0146. The van der Waals surface area contributed by atoms with Gasteiger partial charge in [0.1, 0.15) is 0 Å². The second-order valence-corrected chi connectivity index (χ2v) is 4.58. The highest BCUT2D eigenvalue weighted by Gasteiger charge is 2.17. The summed E-state index contributed by atoms with van der Waals surface area (Å²) in [7, 11) is 0. The van der Waals surface area contributed by atoms with Gasteiger partial charge in [-0.15, -0.1) is 0 Å². The van der Waals surface area contributed by atoms with Crippen molar-refractivity contribution in [1.29, 1.82) is 0 Å². The maximum atomic E-state index is 12.4. The van der Waals surface area contributed by atoms with Gasteiger partial charge in [-0.05, 0) is 31.0 Å². The molecular formula is C13H15N3O2. The van der Waals surface area contributed by atoms with E-state index >= 15 is 0 Å². The molecule has 0 spiro atoms. The number of nitrogen functional groups attached to an aromatic ring is 1. The van der Waals surface area contributed by atoms with Gasteiger partial charge in [0.05, 0.1) is 17.2 Å². The van der Waals surface area contributed by atoms with Gasteiger partial charge in [-0.1, -0.05) is 0 Å². The summed E-state index contributed by atoms with van der Waals surface area (Å²) in [6.07, 6.45) is 3.35. The van der Waals surface area contributed by atoms with Crippen LogP contribution in [0.2, 0.25) is 0 Å². The molecule has 1 aliphatic heterocycles. The van der Waals surface area contributed by atoms with Crippen LogP contribution in [0.1, 0.15) is 18.9 Å². The van der Waals surface area contributed by atoms with Gasteiger partial charge in [0, 0.05) is 24.9 Å². The monoisotopic (exact) mass is 245 g/mol. The van der Waals surface area contributed by atoms with Crippen molar-refractivity contribution in [2.24, 2.45) is 0 Å². The summed E-state index contributed by atoms with van der Waals surface area (Å²) in [6.45, 7) is 1.40. The molecule has 0 unspecified atom stereocenters. The van der Waals surface area contributed by atoms with Gasteiger partial charge in [-0.2, -0.15) is 0 Å². The molecule has 2 N–H and O–H groups in total. The Kier molecular flexibility index (Phi) is 2.76. The fraction of sp³-hybridized carbons (Fsp3) is 0.385. The molecule has 1 aromatic carbocycles. The van der Waals surface area contributed by atoms with E-state index in [1.165, 1.54) is 0 Å². The van der Waals surface area contributed by atoms with Crippen LogP contribution >= 0.6 is 0 Å². The Labute approximate surface area is 104 Å². The highest BCUT2D eigenvalue weighted by Crippen LogP contribution is 2.20. The molecule has 0 atom stereocenters. The van der Waals surface area contributed by atoms with Gasteiger partial charge in [0.2, 0.25) is 0 Å². The average molecular weight is 245 g/mol. The van der Waals surface area contributed by atoms with E-state index in [4.69, 9.17) is 10.5 Å². The Morgan fingerprint density at radius 1 is 1.33 bits per heavy atom. The van der Waals surface area contributed by atoms with Crippen molar-refractivity contribution in [2.45, 2.75) is 18.9 Å². The van der Waals surface area contributed by atoms with Crippen LogP contribution in [-0.4, -0.2) is 22.8 Å². The van der Waals surface area contributed by atoms with Gasteiger partial charge in [-0.3, -0.25) is 9.36 Å². The Hall–Kier alpha value is -1.88. The second-order valence-electron chi connectivity index (χ2n) is 4.58. The van der Waals surface area contributed by atoms with Gasteiger partial charge in [-0.25, -0.2) is 4.98 Å². The molecule has 94 valence electrons. The molecule has 1 aromatic heterocycles. The SMILES string of the molecule is Nc1ccc2ncn(C3CCOCC3)c(=O)c2c1. The first-order chi connectivity index (χ1) is 8.75. The van der Waals surface area contributed by atoms with E-state index in [-0.39, 0.29) is 11.6 Å². The Balaban J connectivity index is 2.13. The molecule has 1 fully saturated rings. The molecule has 0 saturated carbocycles. The van der Waals surface area contributed by atoms with Crippen LogP contribution in [0.25, 0.3) is 10.9 Å². The summed E-state index contributed by atoms with van der Waals surface area (Å²) < 4.78 is 7.02. The number of rotatable bonds is 1. The van der Waals surface area contributed by atoms with Crippen LogP contribution in [0.4, 0.5) is 5.69 Å². The van der Waals surface area contributed by atoms with Crippen molar-refractivity contribution >= 4 is 16.6 Å². The van der Waals surface area contributed by atoms with Crippen LogP contribution < -0.4 is 11.3 Å². The molecule has 5 nitrogen and oxygen atoms in total. The largest absolute Gasteiger partial charge is 0.399 e. The van der Waals surface area contributed by atoms with E-state index in [2.05, 4.69) is 4.98 Å². The van der Waals surface area contributed by atoms with E-state index in [0.717, 1.165) is 12.8 Å². The number of anilines is 1. The first kappa shape index (κ1) is 11.2. The van der Waals surface area contributed by atoms with E-state index in [1.54, 1.807) is 29.1 Å². The molecule has 1 saturated heterocycles. The Morgan fingerprint density at radius 2 is 2.11 bits per heavy atom. The first-order valence-electron chi connectivity index (χ1n) is 6.10. The summed E-state index contributed by atoms with van der Waals surface area (Å²) in [5.41, 5.74) is 6.99. The van der Waals surface area contributed by atoms with Gasteiger partial charge in [0.25, 0.3) is 5.56 Å². The van der Waals surface area contributed by atoms with Crippen LogP contribution in [0.15, 0.2) is 29.3 Å². The lowest BCUT2D eigenvalue weighted by Gasteiger charge is -2.23. The highest BCUT2D eigenvalue weighted by atomic mass is 16.5. The minimum Gasteiger partial charge on any atom is -0.399 e. The molecule has 2 heterocycles. The number of benzene rings is 1. The van der Waals surface area contributed by atoms with E-state index in [9.17, 15) is 4.79 Å². The first-order valence-corrected chi connectivity index (χ1v) is 6.10. The maximum Gasteiger partial charge on any atom is 0.261 e. The summed E-state index contributed by atoms with van der Waals surface area (Å²) in [6, 6.07) is 5.42. The number of hydrogen-bond donors (Lipinski definition) is 1. The van der Waals surface area contributed by atoms with Crippen molar-refractivity contribution in [3.05, 3.63) is 34.9 Å². The number of ether oxygens (including phenoxy) is 1. The fourth-order valence-corrected chi connectivity index (χ4v) is 2.38. The van der Waals surface area contributed by atoms with Gasteiger partial charge in [0.15, 0.2) is 0 Å². The zero-order chi connectivity index (χ0) is 12.5. The van der Waals surface area contributed by atoms with Crippen LogP contribution in [0.5, 0.6) is 0 Å². The Morgan fingerprint density at radius 3 is 2.89 bits per heavy atom. The lowest BCUT2D eigenvalue weighted by molar-refractivity contribution is 0.0685. The molecule has 0 bridgehead atoms. The van der Waals surface area contributed by atoms with Crippen molar-refractivity contribution < 1.29 is 4.74 Å². The quantitative estimate of drug-likeness (QED) is 0.769. The van der Waals surface area contributed by atoms with Crippen molar-refractivity contribution in [3.8, 4) is 0 Å². The molecule has 0 amide bonds. The summed E-state index contributed by atoms with van der Waals surface area (Å²) in [5.74, 6) is 0. The van der Waals surface area contributed by atoms with Gasteiger partial charge < -0.3 is 10.5 Å². The third-order valence-corrected chi connectivity index (χ3v) is 3.39. The molecule has 5 heteroatoms. The van der Waals surface area contributed by atoms with Crippen LogP contribution in [-0.2, 0) is 4.74 Å². The zero-order valence-corrected chi connectivity index (χ0v) is 10.0. The molecular weight excluding hydrogens is 230 g/mol. The normalized spacial score (nSPS) is 17.1. The molecule has 3 rings (SSSR count). The molecule has 1 aliphatic rings. The number of nitrogens with zero attached hydrogens (tertiary/aromatic N) is 2. The maximum absolute atomic E-state index is 12.4. The number of hydrogen-bond acceptors (Lipinski definition) is 4. The summed E-state index contributed by atoms with van der Waals surface area (Å²) in [5, 5.41) is 0.587. The molecule has 0 radical (unpaired) electrons. The predicted octanol–water partition coefficient (Wildman–Crippen LogP) is 1.33. The van der Waals surface area contributed by atoms with Gasteiger partial charge >= 0.3 is 0 Å². The number of fused-ring (bicyclic) bond motifs is 1. The lowest BCUT2D eigenvalue weighted by atomic mass is 10.1. The lowest BCUT2D eigenvalue weighted by Crippen LogP contribution is -2.29. The number of nitrogens with two attached hydrogens (primary N) is 1. The Bertz CT molecular complexity index is 630. The third-order valence-electron chi connectivity index (χ3n) is 3.39. The second kappa shape index (κ2) is 4.42. The van der Waals surface area contributed by atoms with Crippen LogP contribution in [0.3, 0.4) is 0 Å². The average Bonchev–Trinajstić information content (AvgIpc) is 2.41. The number of aromatic nitrogens is 2. The molecule has 2 aromatic rings. The van der Waals surface area contributed by atoms with Crippen LogP contribution in [0, 0.1) is 0 Å². The molecule has 18 heavy (non-hydrogen) atoms. The highest BCUT2D eigenvalue weighted by molar-refractivity contribution is 5.80.